The topological polar surface area (TPSA) is 86.8 Å². The van der Waals surface area contributed by atoms with Gasteiger partial charge >= 0.3 is 0 Å². The highest BCUT2D eigenvalue weighted by molar-refractivity contribution is 7.92. The van der Waals surface area contributed by atoms with Gasteiger partial charge < -0.3 is 10.2 Å². The van der Waals surface area contributed by atoms with Crippen LogP contribution in [0.3, 0.4) is 0 Å². The summed E-state index contributed by atoms with van der Waals surface area (Å²) in [4.78, 5) is 29.9. The summed E-state index contributed by atoms with van der Waals surface area (Å²) in [6.07, 6.45) is 0.909. The number of carbonyl (C=O) groups is 2. The van der Waals surface area contributed by atoms with Gasteiger partial charge in [-0.3, -0.25) is 13.9 Å². The fourth-order valence-electron chi connectivity index (χ4n) is 4.78. The Morgan fingerprint density at radius 2 is 1.47 bits per heavy atom. The van der Waals surface area contributed by atoms with Gasteiger partial charge in [-0.25, -0.2) is 8.42 Å². The van der Waals surface area contributed by atoms with Gasteiger partial charge in [0.05, 0.1) is 10.6 Å². The number of nitrogens with zero attached hydrogens (tertiary/aromatic N) is 2. The molecule has 0 aliphatic rings. The van der Waals surface area contributed by atoms with Crippen molar-refractivity contribution in [2.24, 2.45) is 0 Å². The van der Waals surface area contributed by atoms with E-state index in [1.165, 1.54) is 17.0 Å². The highest BCUT2D eigenvalue weighted by Crippen LogP contribution is 2.27. The molecule has 4 aromatic rings. The van der Waals surface area contributed by atoms with E-state index < -0.39 is 28.5 Å². The number of halogens is 2. The molecule has 2 amide bonds. The standard InChI is InChI=1S/C35H37Cl2N3O4S/c1-4-26(3)38-35(42)33(22-27-10-6-5-7-11-27)39(23-28-12-8-9-13-32(28)37)34(41)24-40(30-18-16-29(36)17-19-30)45(43,44)31-20-14-25(2)15-21-31/h5-21,26,33H,4,22-24H2,1-3H3,(H,38,42)/t26-,33-/m1/s1. The largest absolute Gasteiger partial charge is 0.352 e. The van der Waals surface area contributed by atoms with E-state index in [9.17, 15) is 18.0 Å². The predicted octanol–water partition coefficient (Wildman–Crippen LogP) is 7.05. The Hall–Kier alpha value is -3.85. The van der Waals surface area contributed by atoms with Gasteiger partial charge in [-0.15, -0.1) is 0 Å². The normalized spacial score (nSPS) is 12.6. The monoisotopic (exact) mass is 665 g/mol. The number of aryl methyl sites for hydroxylation is 1. The number of sulfonamides is 1. The van der Waals surface area contributed by atoms with Crippen LogP contribution in [0.1, 0.15) is 37.0 Å². The summed E-state index contributed by atoms with van der Waals surface area (Å²) < 4.78 is 29.3. The van der Waals surface area contributed by atoms with Gasteiger partial charge in [0.25, 0.3) is 10.0 Å². The van der Waals surface area contributed by atoms with Gasteiger partial charge in [-0.1, -0.05) is 96.4 Å². The molecule has 0 aromatic heterocycles. The van der Waals surface area contributed by atoms with Crippen molar-refractivity contribution in [2.75, 3.05) is 10.8 Å². The zero-order chi connectivity index (χ0) is 32.6. The summed E-state index contributed by atoms with van der Waals surface area (Å²) >= 11 is 12.7. The van der Waals surface area contributed by atoms with Crippen molar-refractivity contribution in [1.29, 1.82) is 0 Å². The van der Waals surface area contributed by atoms with Crippen LogP contribution < -0.4 is 9.62 Å². The molecule has 0 saturated heterocycles. The fraction of sp³-hybridized carbons (Fsp3) is 0.257. The van der Waals surface area contributed by atoms with Crippen molar-refractivity contribution in [3.63, 3.8) is 0 Å². The third-order valence-electron chi connectivity index (χ3n) is 7.57. The second-order valence-electron chi connectivity index (χ2n) is 10.9. The van der Waals surface area contributed by atoms with Gasteiger partial charge in [-0.2, -0.15) is 0 Å². The Morgan fingerprint density at radius 1 is 0.844 bits per heavy atom. The minimum absolute atomic E-state index is 0.0109. The average molecular weight is 667 g/mol. The lowest BCUT2D eigenvalue weighted by molar-refractivity contribution is -0.140. The van der Waals surface area contributed by atoms with Crippen LogP contribution in [0.25, 0.3) is 0 Å². The lowest BCUT2D eigenvalue weighted by atomic mass is 10.0. The minimum Gasteiger partial charge on any atom is -0.352 e. The number of hydrogen-bond donors (Lipinski definition) is 1. The van der Waals surface area contributed by atoms with Crippen LogP contribution in [0.5, 0.6) is 0 Å². The quantitative estimate of drug-likeness (QED) is 0.166. The van der Waals surface area contributed by atoms with E-state index in [0.717, 1.165) is 15.4 Å². The summed E-state index contributed by atoms with van der Waals surface area (Å²) in [5.74, 6) is -0.908. The number of benzene rings is 4. The number of nitrogens with one attached hydrogen (secondary N) is 1. The molecule has 0 aliphatic carbocycles. The Kier molecular flexibility index (Phi) is 11.7. The van der Waals surface area contributed by atoms with Crippen LogP contribution in [0.4, 0.5) is 5.69 Å². The molecule has 2 atom stereocenters. The van der Waals surface area contributed by atoms with Crippen molar-refractivity contribution < 1.29 is 18.0 Å². The van der Waals surface area contributed by atoms with Gasteiger partial charge in [0.1, 0.15) is 12.6 Å². The summed E-state index contributed by atoms with van der Waals surface area (Å²) in [5.41, 5.74) is 2.63. The van der Waals surface area contributed by atoms with Crippen molar-refractivity contribution in [2.45, 2.75) is 57.1 Å². The first-order valence-electron chi connectivity index (χ1n) is 14.7. The SMILES string of the molecule is CC[C@@H](C)NC(=O)[C@@H](Cc1ccccc1)N(Cc1ccccc1Cl)C(=O)CN(c1ccc(Cl)cc1)S(=O)(=O)c1ccc(C)cc1. The van der Waals surface area contributed by atoms with E-state index in [0.29, 0.717) is 22.0 Å². The first-order valence-corrected chi connectivity index (χ1v) is 16.9. The van der Waals surface area contributed by atoms with Crippen LogP contribution >= 0.6 is 23.2 Å². The molecule has 1 N–H and O–H groups in total. The fourth-order valence-corrected chi connectivity index (χ4v) is 6.51. The van der Waals surface area contributed by atoms with Gasteiger partial charge in [0.2, 0.25) is 11.8 Å². The Bertz CT molecular complexity index is 1700. The van der Waals surface area contributed by atoms with Crippen molar-refractivity contribution in [3.05, 3.63) is 130 Å². The molecule has 4 aromatic carbocycles. The molecule has 4 rings (SSSR count). The molecule has 0 heterocycles. The molecular formula is C35H37Cl2N3O4S. The first-order chi connectivity index (χ1) is 21.5. The van der Waals surface area contributed by atoms with Crippen molar-refractivity contribution >= 4 is 50.7 Å². The van der Waals surface area contributed by atoms with Crippen molar-refractivity contribution in [3.8, 4) is 0 Å². The number of hydrogen-bond acceptors (Lipinski definition) is 4. The zero-order valence-electron chi connectivity index (χ0n) is 25.5. The van der Waals surface area contributed by atoms with E-state index >= 15 is 0 Å². The van der Waals surface area contributed by atoms with E-state index in [2.05, 4.69) is 5.32 Å². The van der Waals surface area contributed by atoms with E-state index in [4.69, 9.17) is 23.2 Å². The molecule has 45 heavy (non-hydrogen) atoms. The van der Waals surface area contributed by atoms with Crippen LogP contribution in [0.15, 0.2) is 108 Å². The average Bonchev–Trinajstić information content (AvgIpc) is 3.03. The van der Waals surface area contributed by atoms with Crippen molar-refractivity contribution in [1.82, 2.24) is 10.2 Å². The van der Waals surface area contributed by atoms with Crippen LogP contribution in [0, 0.1) is 6.92 Å². The third-order valence-corrected chi connectivity index (χ3v) is 9.98. The molecule has 0 spiro atoms. The maximum Gasteiger partial charge on any atom is 0.264 e. The van der Waals surface area contributed by atoms with Crippen LogP contribution in [0.2, 0.25) is 10.0 Å². The number of anilines is 1. The highest BCUT2D eigenvalue weighted by atomic mass is 35.5. The molecular weight excluding hydrogens is 629 g/mol. The molecule has 0 radical (unpaired) electrons. The third kappa shape index (κ3) is 8.87. The summed E-state index contributed by atoms with van der Waals surface area (Å²) in [7, 11) is -4.20. The Morgan fingerprint density at radius 3 is 2.09 bits per heavy atom. The van der Waals surface area contributed by atoms with Gasteiger partial charge in [0, 0.05) is 29.1 Å². The molecule has 0 fully saturated rings. The van der Waals surface area contributed by atoms with E-state index in [1.54, 1.807) is 60.7 Å². The summed E-state index contributed by atoms with van der Waals surface area (Å²) in [6.45, 7) is 5.14. The molecule has 0 bridgehead atoms. The van der Waals surface area contributed by atoms with Gasteiger partial charge in [0.15, 0.2) is 0 Å². The number of amides is 2. The van der Waals surface area contributed by atoms with Crippen LogP contribution in [-0.4, -0.2) is 43.8 Å². The molecule has 0 unspecified atom stereocenters. The number of rotatable bonds is 13. The van der Waals surface area contributed by atoms with E-state index in [1.807, 2.05) is 51.1 Å². The molecule has 0 saturated carbocycles. The second kappa shape index (κ2) is 15.4. The van der Waals surface area contributed by atoms with Crippen LogP contribution in [-0.2, 0) is 32.6 Å². The molecule has 7 nitrogen and oxygen atoms in total. The second-order valence-corrected chi connectivity index (χ2v) is 13.6. The maximum absolute atomic E-state index is 14.5. The Balaban J connectivity index is 1.81. The minimum atomic E-state index is -4.20. The predicted molar refractivity (Wildman–Crippen MR) is 181 cm³/mol. The van der Waals surface area contributed by atoms with E-state index in [-0.39, 0.29) is 35.5 Å². The summed E-state index contributed by atoms with van der Waals surface area (Å²) in [6, 6.07) is 28.1. The lowest BCUT2D eigenvalue weighted by Crippen LogP contribution is -2.54. The first kappa shape index (κ1) is 34.0. The smallest absolute Gasteiger partial charge is 0.264 e. The number of carbonyl (C=O) groups excluding carboxylic acids is 2. The van der Waals surface area contributed by atoms with Gasteiger partial charge in [-0.05, 0) is 73.9 Å². The molecule has 10 heteroatoms. The highest BCUT2D eigenvalue weighted by Gasteiger charge is 2.35. The summed E-state index contributed by atoms with van der Waals surface area (Å²) in [5, 5.41) is 3.87. The molecule has 236 valence electrons. The lowest BCUT2D eigenvalue weighted by Gasteiger charge is -2.34. The zero-order valence-corrected chi connectivity index (χ0v) is 27.8. The Labute approximate surface area is 275 Å². The molecule has 0 aliphatic heterocycles. The maximum atomic E-state index is 14.5.